The monoisotopic (exact) mass is 270 g/mol. The van der Waals surface area contributed by atoms with Crippen LogP contribution in [-0.4, -0.2) is 19.7 Å². The lowest BCUT2D eigenvalue weighted by Crippen LogP contribution is -2.13. The zero-order valence-electron chi connectivity index (χ0n) is 11.6. The number of benzene rings is 2. The number of amides is 1. The van der Waals surface area contributed by atoms with Gasteiger partial charge in [0.1, 0.15) is 6.73 Å². The van der Waals surface area contributed by atoms with Gasteiger partial charge in [0.15, 0.2) is 0 Å². The molecule has 2 rings (SSSR count). The maximum absolute atomic E-state index is 12.1. The molecule has 0 saturated carbocycles. The minimum Gasteiger partial charge on any atom is -0.365 e. The molecule has 0 heterocycles. The van der Waals surface area contributed by atoms with Crippen LogP contribution in [0, 0.1) is 6.92 Å². The number of methoxy groups -OCH3 is 1. The molecule has 0 fully saturated rings. The molecule has 0 aliphatic heterocycles. The molecular weight excluding hydrogens is 252 g/mol. The number of anilines is 2. The molecule has 2 aromatic rings. The highest BCUT2D eigenvalue weighted by molar-refractivity contribution is 6.04. The van der Waals surface area contributed by atoms with Crippen LogP contribution in [0.2, 0.25) is 0 Å². The molecule has 0 radical (unpaired) electrons. The third-order valence-electron chi connectivity index (χ3n) is 2.94. The molecule has 0 unspecified atom stereocenters. The van der Waals surface area contributed by atoms with E-state index in [9.17, 15) is 4.79 Å². The third-order valence-corrected chi connectivity index (χ3v) is 2.94. The number of carbonyl (C=O) groups excluding carboxylic acids is 1. The largest absolute Gasteiger partial charge is 0.365 e. The molecule has 0 bridgehead atoms. The molecule has 4 nitrogen and oxygen atoms in total. The number of nitrogens with one attached hydrogen (secondary N) is 2. The van der Waals surface area contributed by atoms with E-state index in [4.69, 9.17) is 4.74 Å². The van der Waals surface area contributed by atoms with Gasteiger partial charge < -0.3 is 15.4 Å². The van der Waals surface area contributed by atoms with E-state index in [1.807, 2.05) is 43.3 Å². The van der Waals surface area contributed by atoms with E-state index in [1.54, 1.807) is 19.2 Å². The van der Waals surface area contributed by atoms with E-state index in [1.165, 1.54) is 0 Å². The Labute approximate surface area is 118 Å². The Morgan fingerprint density at radius 2 is 1.90 bits per heavy atom. The highest BCUT2D eigenvalue weighted by Crippen LogP contribution is 2.21. The van der Waals surface area contributed by atoms with E-state index < -0.39 is 0 Å². The zero-order chi connectivity index (χ0) is 14.4. The van der Waals surface area contributed by atoms with Crippen LogP contribution in [0.5, 0.6) is 0 Å². The fraction of sp³-hybridized carbons (Fsp3) is 0.188. The van der Waals surface area contributed by atoms with Gasteiger partial charge in [0.05, 0.1) is 0 Å². The summed E-state index contributed by atoms with van der Waals surface area (Å²) in [5, 5.41) is 6.02. The second kappa shape index (κ2) is 6.73. The molecule has 0 aromatic heterocycles. The molecule has 104 valence electrons. The van der Waals surface area contributed by atoms with Crippen molar-refractivity contribution in [2.75, 3.05) is 24.5 Å². The van der Waals surface area contributed by atoms with Crippen molar-refractivity contribution in [3.05, 3.63) is 59.7 Å². The quantitative estimate of drug-likeness (QED) is 0.820. The summed E-state index contributed by atoms with van der Waals surface area (Å²) in [6.07, 6.45) is 0. The Bertz CT molecular complexity index is 582. The summed E-state index contributed by atoms with van der Waals surface area (Å²) in [4.78, 5) is 12.1. The summed E-state index contributed by atoms with van der Waals surface area (Å²) >= 11 is 0. The molecule has 0 aliphatic rings. The molecule has 0 spiro atoms. The third kappa shape index (κ3) is 3.59. The minimum absolute atomic E-state index is 0.113. The predicted molar refractivity (Wildman–Crippen MR) is 81.1 cm³/mol. The maximum atomic E-state index is 12.1. The van der Waals surface area contributed by atoms with E-state index in [0.717, 1.165) is 16.9 Å². The molecule has 2 N–H and O–H groups in total. The summed E-state index contributed by atoms with van der Waals surface area (Å²) in [6, 6.07) is 15.0. The first-order valence-electron chi connectivity index (χ1n) is 6.40. The van der Waals surface area contributed by atoms with Crippen LogP contribution in [0.3, 0.4) is 0 Å². The smallest absolute Gasteiger partial charge is 0.255 e. The van der Waals surface area contributed by atoms with Gasteiger partial charge >= 0.3 is 0 Å². The van der Waals surface area contributed by atoms with Gasteiger partial charge in [-0.15, -0.1) is 0 Å². The number of ether oxygens (including phenoxy) is 1. The van der Waals surface area contributed by atoms with Crippen molar-refractivity contribution in [1.29, 1.82) is 0 Å². The fourth-order valence-corrected chi connectivity index (χ4v) is 1.81. The molecule has 0 aliphatic carbocycles. The van der Waals surface area contributed by atoms with Crippen molar-refractivity contribution < 1.29 is 9.53 Å². The van der Waals surface area contributed by atoms with Gasteiger partial charge in [-0.2, -0.15) is 0 Å². The fourth-order valence-electron chi connectivity index (χ4n) is 1.81. The lowest BCUT2D eigenvalue weighted by Gasteiger charge is -2.12. The molecule has 0 atom stereocenters. The molecule has 2 aromatic carbocycles. The minimum atomic E-state index is -0.113. The van der Waals surface area contributed by atoms with Crippen LogP contribution >= 0.6 is 0 Å². The Hall–Kier alpha value is -2.33. The van der Waals surface area contributed by atoms with E-state index in [0.29, 0.717) is 12.3 Å². The van der Waals surface area contributed by atoms with Crippen molar-refractivity contribution >= 4 is 17.3 Å². The maximum Gasteiger partial charge on any atom is 0.255 e. The van der Waals surface area contributed by atoms with Crippen molar-refractivity contribution in [3.63, 3.8) is 0 Å². The highest BCUT2D eigenvalue weighted by Gasteiger charge is 2.07. The highest BCUT2D eigenvalue weighted by atomic mass is 16.5. The van der Waals surface area contributed by atoms with Crippen LogP contribution in [0.1, 0.15) is 15.9 Å². The molecule has 1 amide bonds. The Kier molecular flexibility index (Phi) is 4.74. The molecular formula is C16H18N2O2. The first kappa shape index (κ1) is 14.1. The lowest BCUT2D eigenvalue weighted by atomic mass is 10.1. The average Bonchev–Trinajstić information content (AvgIpc) is 2.49. The Morgan fingerprint density at radius 1 is 1.15 bits per heavy atom. The van der Waals surface area contributed by atoms with Gasteiger partial charge in [-0.05, 0) is 36.8 Å². The molecule has 0 saturated heterocycles. The first-order chi connectivity index (χ1) is 9.70. The van der Waals surface area contributed by atoms with Crippen LogP contribution in [0.4, 0.5) is 11.4 Å². The van der Waals surface area contributed by atoms with E-state index in [-0.39, 0.29) is 5.91 Å². The summed E-state index contributed by atoms with van der Waals surface area (Å²) in [5.41, 5.74) is 3.35. The van der Waals surface area contributed by atoms with Gasteiger partial charge in [-0.3, -0.25) is 4.79 Å². The van der Waals surface area contributed by atoms with Gasteiger partial charge in [-0.25, -0.2) is 0 Å². The molecule has 20 heavy (non-hydrogen) atoms. The van der Waals surface area contributed by atoms with Gasteiger partial charge in [-0.1, -0.05) is 24.3 Å². The summed E-state index contributed by atoms with van der Waals surface area (Å²) in [5.74, 6) is -0.113. The van der Waals surface area contributed by atoms with Crippen molar-refractivity contribution in [3.8, 4) is 0 Å². The van der Waals surface area contributed by atoms with Crippen LogP contribution < -0.4 is 10.6 Å². The normalized spacial score (nSPS) is 10.1. The second-order valence-corrected chi connectivity index (χ2v) is 4.46. The van der Waals surface area contributed by atoms with Gasteiger partial charge in [0.2, 0.25) is 0 Å². The van der Waals surface area contributed by atoms with Crippen LogP contribution in [0.15, 0.2) is 48.5 Å². The average molecular weight is 270 g/mol. The number of rotatable bonds is 5. The number of hydrogen-bond acceptors (Lipinski definition) is 3. The Morgan fingerprint density at radius 3 is 2.60 bits per heavy atom. The topological polar surface area (TPSA) is 50.4 Å². The summed E-state index contributed by atoms with van der Waals surface area (Å²) < 4.78 is 4.97. The van der Waals surface area contributed by atoms with E-state index in [2.05, 4.69) is 10.6 Å². The van der Waals surface area contributed by atoms with Crippen molar-refractivity contribution in [1.82, 2.24) is 0 Å². The van der Waals surface area contributed by atoms with Gasteiger partial charge in [0.25, 0.3) is 5.91 Å². The zero-order valence-corrected chi connectivity index (χ0v) is 11.6. The van der Waals surface area contributed by atoms with Crippen LogP contribution in [0.25, 0.3) is 0 Å². The molecule has 4 heteroatoms. The Balaban J connectivity index is 2.14. The number of aryl methyl sites for hydroxylation is 1. The van der Waals surface area contributed by atoms with Crippen LogP contribution in [-0.2, 0) is 4.74 Å². The summed E-state index contributed by atoms with van der Waals surface area (Å²) in [6.45, 7) is 2.38. The van der Waals surface area contributed by atoms with Gasteiger partial charge in [0, 0.05) is 24.0 Å². The van der Waals surface area contributed by atoms with E-state index >= 15 is 0 Å². The van der Waals surface area contributed by atoms with Crippen molar-refractivity contribution in [2.24, 2.45) is 0 Å². The second-order valence-electron chi connectivity index (χ2n) is 4.46. The first-order valence-corrected chi connectivity index (χ1v) is 6.40. The van der Waals surface area contributed by atoms with Crippen molar-refractivity contribution in [2.45, 2.75) is 6.92 Å². The number of carbonyl (C=O) groups is 1. The number of hydrogen-bond donors (Lipinski definition) is 2. The SMILES string of the molecule is COCNc1ccc(C)c(NC(=O)c2ccccc2)c1. The lowest BCUT2D eigenvalue weighted by molar-refractivity contribution is 0.102. The predicted octanol–water partition coefficient (Wildman–Crippen LogP) is 3.26. The standard InChI is InChI=1S/C16H18N2O2/c1-12-8-9-14(17-11-20-2)10-15(12)18-16(19)13-6-4-3-5-7-13/h3-10,17H,11H2,1-2H3,(H,18,19). The summed E-state index contributed by atoms with van der Waals surface area (Å²) in [7, 11) is 1.62.